The van der Waals surface area contributed by atoms with Crippen molar-refractivity contribution in [3.8, 4) is 6.07 Å². The maximum absolute atomic E-state index is 12.3. The summed E-state index contributed by atoms with van der Waals surface area (Å²) < 4.78 is 5.67. The zero-order valence-corrected chi connectivity index (χ0v) is 18.9. The molecule has 6 nitrogen and oxygen atoms in total. The first-order chi connectivity index (χ1) is 14.4. The Kier molecular flexibility index (Phi) is 7.29. The number of hydrogen-bond acceptors (Lipinski definition) is 6. The van der Waals surface area contributed by atoms with Crippen LogP contribution in [-0.4, -0.2) is 36.6 Å². The molecule has 0 aliphatic heterocycles. The minimum Gasteiger partial charge on any atom is -0.446 e. The fourth-order valence-electron chi connectivity index (χ4n) is 3.41. The van der Waals surface area contributed by atoms with Crippen molar-refractivity contribution in [1.82, 2.24) is 4.90 Å². The van der Waals surface area contributed by atoms with Gasteiger partial charge in [0.05, 0.1) is 5.56 Å². The molecule has 2 aromatic rings. The van der Waals surface area contributed by atoms with Crippen LogP contribution < -0.4 is 5.32 Å². The molecule has 0 radical (unpaired) electrons. The number of nitrogens with one attached hydrogen (secondary N) is 1. The van der Waals surface area contributed by atoms with Crippen molar-refractivity contribution >= 4 is 45.8 Å². The molecule has 0 saturated heterocycles. The smallest absolute Gasteiger partial charge is 0.409 e. The number of carbonyl (C=O) groups excluding carboxylic acids is 2. The van der Waals surface area contributed by atoms with Crippen LogP contribution in [-0.2, 0) is 22.4 Å². The van der Waals surface area contributed by atoms with Crippen LogP contribution in [0.3, 0.4) is 0 Å². The third-order valence-corrected chi connectivity index (χ3v) is 6.63. The van der Waals surface area contributed by atoms with Gasteiger partial charge in [-0.1, -0.05) is 13.8 Å². The van der Waals surface area contributed by atoms with Gasteiger partial charge in [-0.05, 0) is 52.8 Å². The van der Waals surface area contributed by atoms with Crippen molar-refractivity contribution in [3.05, 3.63) is 44.5 Å². The standard InChI is InChI=1S/C22H25N3O3S2/c1-14(2)12-25(3)22(27)28-16-5-6-17-18(11-23)21(30-19(17)10-16)24-20(26)7-4-15-8-9-29-13-15/h4,7-9,13-14,16H,5-6,10,12H2,1-3H3,(H,24,26). The first-order valence-corrected chi connectivity index (χ1v) is 11.6. The van der Waals surface area contributed by atoms with E-state index in [1.807, 2.05) is 16.8 Å². The maximum Gasteiger partial charge on any atom is 0.409 e. The zero-order valence-electron chi connectivity index (χ0n) is 17.3. The van der Waals surface area contributed by atoms with Crippen molar-refractivity contribution in [2.75, 3.05) is 18.9 Å². The van der Waals surface area contributed by atoms with Gasteiger partial charge in [0.15, 0.2) is 0 Å². The topological polar surface area (TPSA) is 82.4 Å². The molecule has 8 heteroatoms. The number of nitriles is 1. The monoisotopic (exact) mass is 443 g/mol. The Balaban J connectivity index is 1.66. The minimum absolute atomic E-state index is 0.216. The summed E-state index contributed by atoms with van der Waals surface area (Å²) in [7, 11) is 1.74. The van der Waals surface area contributed by atoms with Gasteiger partial charge in [-0.25, -0.2) is 4.79 Å². The molecule has 0 spiro atoms. The minimum atomic E-state index is -0.318. The van der Waals surface area contributed by atoms with E-state index in [0.717, 1.165) is 16.0 Å². The molecule has 0 aromatic carbocycles. The molecule has 0 bridgehead atoms. The molecule has 2 amide bonds. The van der Waals surface area contributed by atoms with Crippen LogP contribution in [0.25, 0.3) is 6.08 Å². The molecule has 0 fully saturated rings. The largest absolute Gasteiger partial charge is 0.446 e. The van der Waals surface area contributed by atoms with Crippen LogP contribution in [0.2, 0.25) is 0 Å². The number of carbonyl (C=O) groups is 2. The third-order valence-electron chi connectivity index (χ3n) is 4.76. The summed E-state index contributed by atoms with van der Waals surface area (Å²) in [5.74, 6) is 0.102. The predicted molar refractivity (Wildman–Crippen MR) is 121 cm³/mol. The van der Waals surface area contributed by atoms with E-state index in [1.165, 1.54) is 17.4 Å². The summed E-state index contributed by atoms with van der Waals surface area (Å²) in [6.45, 7) is 4.75. The first-order valence-electron chi connectivity index (χ1n) is 9.85. The number of ether oxygens (including phenoxy) is 1. The van der Waals surface area contributed by atoms with Crippen molar-refractivity contribution in [2.45, 2.75) is 39.2 Å². The van der Waals surface area contributed by atoms with Gasteiger partial charge in [0.2, 0.25) is 5.91 Å². The first kappa shape index (κ1) is 22.1. The molecule has 1 aliphatic carbocycles. The van der Waals surface area contributed by atoms with E-state index in [4.69, 9.17) is 4.74 Å². The SMILES string of the molecule is CC(C)CN(C)C(=O)OC1CCc2c(sc(NC(=O)C=Cc3ccsc3)c2C#N)C1. The Morgan fingerprint density at radius 1 is 1.47 bits per heavy atom. The molecular formula is C22H25N3O3S2. The summed E-state index contributed by atoms with van der Waals surface area (Å²) >= 11 is 2.96. The van der Waals surface area contributed by atoms with Crippen molar-refractivity contribution in [3.63, 3.8) is 0 Å². The average molecular weight is 444 g/mol. The highest BCUT2D eigenvalue weighted by Crippen LogP contribution is 2.38. The van der Waals surface area contributed by atoms with Crippen LogP contribution in [0, 0.1) is 17.2 Å². The van der Waals surface area contributed by atoms with Gasteiger partial charge >= 0.3 is 6.09 Å². The molecular weight excluding hydrogens is 418 g/mol. The third kappa shape index (κ3) is 5.49. The molecule has 158 valence electrons. The molecule has 0 saturated carbocycles. The highest BCUT2D eigenvalue weighted by Gasteiger charge is 2.29. The fraction of sp³-hybridized carbons (Fsp3) is 0.409. The van der Waals surface area contributed by atoms with Gasteiger partial charge in [-0.2, -0.15) is 16.6 Å². The van der Waals surface area contributed by atoms with Gasteiger partial charge in [0, 0.05) is 31.0 Å². The highest BCUT2D eigenvalue weighted by atomic mass is 32.1. The van der Waals surface area contributed by atoms with Gasteiger partial charge < -0.3 is 15.0 Å². The van der Waals surface area contributed by atoms with Gasteiger partial charge in [0.1, 0.15) is 17.2 Å². The summed E-state index contributed by atoms with van der Waals surface area (Å²) in [6.07, 6.45) is 4.57. The van der Waals surface area contributed by atoms with E-state index >= 15 is 0 Å². The number of fused-ring (bicyclic) bond motifs is 1. The summed E-state index contributed by atoms with van der Waals surface area (Å²) in [5, 5.41) is 16.9. The number of rotatable bonds is 6. The van der Waals surface area contributed by atoms with Crippen LogP contribution in [0.15, 0.2) is 22.9 Å². The van der Waals surface area contributed by atoms with E-state index in [1.54, 1.807) is 29.4 Å². The van der Waals surface area contributed by atoms with Crippen molar-refractivity contribution < 1.29 is 14.3 Å². The number of nitrogens with zero attached hydrogens (tertiary/aromatic N) is 2. The van der Waals surface area contributed by atoms with Crippen LogP contribution in [0.4, 0.5) is 9.80 Å². The van der Waals surface area contributed by atoms with Crippen LogP contribution in [0.1, 0.15) is 41.8 Å². The summed E-state index contributed by atoms with van der Waals surface area (Å²) in [4.78, 5) is 27.2. The average Bonchev–Trinajstić information content (AvgIpc) is 3.32. The second-order valence-electron chi connectivity index (χ2n) is 7.72. The molecule has 3 rings (SSSR count). The fourth-order valence-corrected chi connectivity index (χ4v) is 5.31. The number of hydrogen-bond donors (Lipinski definition) is 1. The summed E-state index contributed by atoms with van der Waals surface area (Å²) in [5.41, 5.74) is 2.45. The zero-order chi connectivity index (χ0) is 21.7. The Hall–Kier alpha value is -2.63. The Bertz CT molecular complexity index is 971. The second kappa shape index (κ2) is 9.92. The Labute approximate surface area is 184 Å². The molecule has 2 heterocycles. The van der Waals surface area contributed by atoms with E-state index < -0.39 is 0 Å². The second-order valence-corrected chi connectivity index (χ2v) is 9.61. The normalized spacial score (nSPS) is 15.6. The maximum atomic E-state index is 12.3. The number of anilines is 1. The molecule has 1 N–H and O–H groups in total. The van der Waals surface area contributed by atoms with E-state index in [2.05, 4.69) is 25.2 Å². The lowest BCUT2D eigenvalue weighted by Crippen LogP contribution is -2.35. The van der Waals surface area contributed by atoms with Gasteiger partial charge in [-0.3, -0.25) is 4.79 Å². The van der Waals surface area contributed by atoms with E-state index in [9.17, 15) is 14.9 Å². The Morgan fingerprint density at radius 2 is 2.27 bits per heavy atom. The molecule has 30 heavy (non-hydrogen) atoms. The van der Waals surface area contributed by atoms with Gasteiger partial charge in [0.25, 0.3) is 0 Å². The highest BCUT2D eigenvalue weighted by molar-refractivity contribution is 7.16. The molecule has 1 aliphatic rings. The quantitative estimate of drug-likeness (QED) is 0.643. The van der Waals surface area contributed by atoms with Gasteiger partial charge in [-0.15, -0.1) is 11.3 Å². The number of amides is 2. The van der Waals surface area contributed by atoms with Crippen LogP contribution >= 0.6 is 22.7 Å². The van der Waals surface area contributed by atoms with E-state index in [-0.39, 0.29) is 18.1 Å². The lowest BCUT2D eigenvalue weighted by Gasteiger charge is -2.26. The van der Waals surface area contributed by atoms with Crippen molar-refractivity contribution in [2.24, 2.45) is 5.92 Å². The lowest BCUT2D eigenvalue weighted by atomic mass is 9.94. The predicted octanol–water partition coefficient (Wildman–Crippen LogP) is 4.91. The van der Waals surface area contributed by atoms with Crippen molar-refractivity contribution in [1.29, 1.82) is 5.26 Å². The van der Waals surface area contributed by atoms with E-state index in [0.29, 0.717) is 42.3 Å². The Morgan fingerprint density at radius 3 is 2.93 bits per heavy atom. The molecule has 1 atom stereocenters. The summed E-state index contributed by atoms with van der Waals surface area (Å²) in [6, 6.07) is 4.16. The number of thiophene rings is 2. The van der Waals surface area contributed by atoms with Crippen LogP contribution in [0.5, 0.6) is 0 Å². The lowest BCUT2D eigenvalue weighted by molar-refractivity contribution is -0.111. The molecule has 1 unspecified atom stereocenters. The molecule has 2 aromatic heterocycles.